The number of likely N-dealkylation sites (tertiary alicyclic amines) is 1. The molecule has 1 saturated heterocycles. The first-order valence-electron chi connectivity index (χ1n) is 9.13. The monoisotopic (exact) mass is 481 g/mol. The Morgan fingerprint density at radius 1 is 1.07 bits per heavy atom. The van der Waals surface area contributed by atoms with E-state index in [1.165, 1.54) is 0 Å². The number of rotatable bonds is 4. The number of fused-ring (bicyclic) bond motifs is 1. The fourth-order valence-electron chi connectivity index (χ4n) is 3.63. The molecule has 28 heavy (non-hydrogen) atoms. The molecule has 0 aliphatic carbocycles. The summed E-state index contributed by atoms with van der Waals surface area (Å²) in [7, 11) is -1.66. The Kier molecular flexibility index (Phi) is 5.44. The van der Waals surface area contributed by atoms with Gasteiger partial charge in [-0.2, -0.15) is 0 Å². The van der Waals surface area contributed by atoms with Crippen LogP contribution in [0.4, 0.5) is 0 Å². The van der Waals surface area contributed by atoms with E-state index in [-0.39, 0.29) is 16.0 Å². The maximum Gasteiger partial charge on any atom is 0.224 e. The van der Waals surface area contributed by atoms with Gasteiger partial charge >= 0.3 is 0 Å². The lowest BCUT2D eigenvalue weighted by molar-refractivity contribution is 0.257. The predicted octanol–water partition coefficient (Wildman–Crippen LogP) is 4.53. The van der Waals surface area contributed by atoms with Crippen molar-refractivity contribution in [1.82, 2.24) is 9.58 Å². The van der Waals surface area contributed by atoms with Crippen molar-refractivity contribution in [3.63, 3.8) is 0 Å². The summed E-state index contributed by atoms with van der Waals surface area (Å²) in [4.78, 5) is 2.53. The van der Waals surface area contributed by atoms with E-state index in [1.54, 1.807) is 41.1 Å². The zero-order valence-electron chi connectivity index (χ0n) is 15.4. The second-order valence-electron chi connectivity index (χ2n) is 7.11. The Balaban J connectivity index is 1.90. The summed E-state index contributed by atoms with van der Waals surface area (Å²) >= 11 is 9.96. The quantitative estimate of drug-likeness (QED) is 0.594. The lowest BCUT2D eigenvalue weighted by Gasteiger charge is -2.31. The minimum absolute atomic E-state index is 0.181. The van der Waals surface area contributed by atoms with Crippen LogP contribution in [0.2, 0.25) is 5.02 Å². The summed E-state index contributed by atoms with van der Waals surface area (Å²) in [6.45, 7) is 1.94. The topological polar surface area (TPSA) is 54.3 Å². The number of hydrogen-bond donors (Lipinski definition) is 1. The van der Waals surface area contributed by atoms with E-state index in [4.69, 9.17) is 11.6 Å². The Morgan fingerprint density at radius 2 is 1.75 bits per heavy atom. The highest BCUT2D eigenvalue weighted by atomic mass is 79.9. The molecule has 1 aliphatic rings. The molecule has 0 amide bonds. The molecule has 1 aromatic heterocycles. The van der Waals surface area contributed by atoms with Gasteiger partial charge < -0.3 is 10.3 Å². The van der Waals surface area contributed by atoms with Gasteiger partial charge in [0, 0.05) is 11.4 Å². The smallest absolute Gasteiger partial charge is 0.224 e. The Bertz CT molecular complexity index is 1110. The second kappa shape index (κ2) is 7.71. The van der Waals surface area contributed by atoms with Crippen LogP contribution >= 0.6 is 27.5 Å². The first kappa shape index (κ1) is 19.8. The molecule has 4 rings (SSSR count). The van der Waals surface area contributed by atoms with Crippen LogP contribution in [0.15, 0.2) is 62.9 Å². The molecular weight excluding hydrogens is 462 g/mol. The summed E-state index contributed by atoms with van der Waals surface area (Å²) < 4.78 is 29.2. The van der Waals surface area contributed by atoms with Gasteiger partial charge in [0.15, 0.2) is 5.03 Å². The first-order chi connectivity index (χ1) is 13.4. The van der Waals surface area contributed by atoms with E-state index >= 15 is 0 Å². The van der Waals surface area contributed by atoms with Crippen molar-refractivity contribution in [2.75, 3.05) is 25.6 Å². The zero-order chi connectivity index (χ0) is 19.9. The summed E-state index contributed by atoms with van der Waals surface area (Å²) in [6.07, 6.45) is 1.89. The van der Waals surface area contributed by atoms with E-state index in [9.17, 15) is 8.42 Å². The van der Waals surface area contributed by atoms with Crippen molar-refractivity contribution >= 4 is 48.3 Å². The minimum atomic E-state index is -3.76. The number of benzene rings is 2. The van der Waals surface area contributed by atoms with Crippen molar-refractivity contribution in [2.24, 2.45) is 0 Å². The minimum Gasteiger partial charge on any atom is -0.321 e. The molecular formula is C20H21BrClN3O2S. The van der Waals surface area contributed by atoms with Crippen LogP contribution in [0.5, 0.6) is 0 Å². The largest absolute Gasteiger partial charge is 0.321 e. The summed E-state index contributed by atoms with van der Waals surface area (Å²) in [5.74, 6) is 0. The van der Waals surface area contributed by atoms with Crippen LogP contribution in [0.25, 0.3) is 10.9 Å². The van der Waals surface area contributed by atoms with Gasteiger partial charge in [0.05, 0.1) is 19.9 Å². The third kappa shape index (κ3) is 3.45. The predicted molar refractivity (Wildman–Crippen MR) is 116 cm³/mol. The lowest BCUT2D eigenvalue weighted by atomic mass is 10.1. The molecule has 0 atom stereocenters. The molecule has 0 unspecified atom stereocenters. The number of piperidine rings is 1. The molecule has 1 fully saturated rings. The van der Waals surface area contributed by atoms with Crippen molar-refractivity contribution in [3.05, 3.63) is 58.0 Å². The second-order valence-corrected chi connectivity index (χ2v) is 10.2. The van der Waals surface area contributed by atoms with Gasteiger partial charge in [0.1, 0.15) is 0 Å². The molecule has 8 heteroatoms. The third-order valence-electron chi connectivity index (χ3n) is 5.18. The van der Waals surface area contributed by atoms with E-state index in [2.05, 4.69) is 33.3 Å². The number of aromatic nitrogens is 1. The highest BCUT2D eigenvalue weighted by Gasteiger charge is 2.30. The molecule has 0 spiro atoms. The molecule has 1 aliphatic heterocycles. The molecule has 2 aromatic carbocycles. The van der Waals surface area contributed by atoms with Crippen LogP contribution in [-0.2, 0) is 9.84 Å². The first-order valence-corrected chi connectivity index (χ1v) is 11.8. The number of nitrogens with one attached hydrogen (secondary N) is 1. The number of nitrogens with zero attached hydrogens (tertiary/aromatic N) is 2. The van der Waals surface area contributed by atoms with Crippen LogP contribution in [0.3, 0.4) is 0 Å². The van der Waals surface area contributed by atoms with Crippen molar-refractivity contribution in [1.29, 1.82) is 0 Å². The van der Waals surface area contributed by atoms with Crippen LogP contribution < -0.4 is 5.43 Å². The van der Waals surface area contributed by atoms with E-state index in [0.717, 1.165) is 31.4 Å². The van der Waals surface area contributed by atoms with Gasteiger partial charge in [0.25, 0.3) is 0 Å². The molecule has 5 nitrogen and oxygen atoms in total. The fraction of sp³-hybridized carbons (Fsp3) is 0.300. The normalized spacial score (nSPS) is 16.5. The van der Waals surface area contributed by atoms with E-state index in [0.29, 0.717) is 14.9 Å². The maximum absolute atomic E-state index is 13.5. The van der Waals surface area contributed by atoms with E-state index < -0.39 is 9.84 Å². The van der Waals surface area contributed by atoms with Crippen molar-refractivity contribution in [3.8, 4) is 0 Å². The average Bonchev–Trinajstić information content (AvgIpc) is 2.98. The molecule has 0 saturated carbocycles. The lowest BCUT2D eigenvalue weighted by Crippen LogP contribution is -2.40. The van der Waals surface area contributed by atoms with Crippen molar-refractivity contribution in [2.45, 2.75) is 28.8 Å². The Labute approximate surface area is 178 Å². The van der Waals surface area contributed by atoms with E-state index in [1.807, 2.05) is 12.1 Å². The van der Waals surface area contributed by atoms with Crippen LogP contribution in [-0.4, -0.2) is 44.2 Å². The Hall–Kier alpha value is -1.54. The van der Waals surface area contributed by atoms with Crippen molar-refractivity contribution < 1.29 is 8.42 Å². The average molecular weight is 483 g/mol. The summed E-state index contributed by atoms with van der Waals surface area (Å²) in [5, 5.41) is 1.39. The van der Waals surface area contributed by atoms with Gasteiger partial charge in [-0.25, -0.2) is 13.1 Å². The molecule has 148 valence electrons. The summed E-state index contributed by atoms with van der Waals surface area (Å²) in [6, 6.07) is 14.2. The highest BCUT2D eigenvalue weighted by Crippen LogP contribution is 2.40. The molecule has 0 radical (unpaired) electrons. The van der Waals surface area contributed by atoms with Crippen LogP contribution in [0, 0.1) is 0 Å². The number of sulfone groups is 1. The fourth-order valence-corrected chi connectivity index (χ4v) is 6.71. The molecule has 3 aromatic rings. The van der Waals surface area contributed by atoms with Gasteiger partial charge in [0.2, 0.25) is 9.84 Å². The standard InChI is InChI=1S/C20H21BrClN3O2S/c1-24-12-10-14(11-13-24)23-25-17-9-5-8-16(22)18(17)19(21)20(25)28(26,27)15-6-3-2-4-7-15/h2-9,14,23H,10-13H2,1H3. The van der Waals surface area contributed by atoms with Gasteiger partial charge in [-0.3, -0.25) is 0 Å². The van der Waals surface area contributed by atoms with Gasteiger partial charge in [-0.1, -0.05) is 35.9 Å². The van der Waals surface area contributed by atoms with Gasteiger partial charge in [-0.05, 0) is 73.2 Å². The van der Waals surface area contributed by atoms with Gasteiger partial charge in [-0.15, -0.1) is 0 Å². The Morgan fingerprint density at radius 3 is 2.43 bits per heavy atom. The molecule has 0 bridgehead atoms. The maximum atomic E-state index is 13.5. The zero-order valence-corrected chi connectivity index (χ0v) is 18.6. The number of hydrogen-bond acceptors (Lipinski definition) is 4. The van der Waals surface area contributed by atoms with Crippen LogP contribution in [0.1, 0.15) is 12.8 Å². The number of halogens is 2. The summed E-state index contributed by atoms with van der Waals surface area (Å²) in [5.41, 5.74) is 4.20. The molecule has 2 heterocycles. The highest BCUT2D eigenvalue weighted by molar-refractivity contribution is 9.10. The molecule has 1 N–H and O–H groups in total. The SMILES string of the molecule is CN1CCC(Nn2c(S(=O)(=O)c3ccccc3)c(Br)c3c(Cl)cccc32)CC1. The third-order valence-corrected chi connectivity index (χ3v) is 8.32.